The Labute approximate surface area is 254 Å². The molecule has 1 aliphatic heterocycles. The van der Waals surface area contributed by atoms with Crippen LogP contribution in [0, 0.1) is 6.92 Å². The first-order valence-corrected chi connectivity index (χ1v) is 15.2. The lowest BCUT2D eigenvalue weighted by Crippen LogP contribution is -2.44. The Morgan fingerprint density at radius 2 is 1.84 bits per heavy atom. The van der Waals surface area contributed by atoms with Gasteiger partial charge in [-0.1, -0.05) is 26.0 Å². The molecule has 1 aliphatic rings. The largest absolute Gasteiger partial charge is 0.416 e. The van der Waals surface area contributed by atoms with Crippen molar-refractivity contribution in [3.05, 3.63) is 82.7 Å². The van der Waals surface area contributed by atoms with Crippen LogP contribution in [0.15, 0.2) is 59.8 Å². The van der Waals surface area contributed by atoms with E-state index in [0.29, 0.717) is 30.4 Å². The summed E-state index contributed by atoms with van der Waals surface area (Å²) < 4.78 is 42.1. The number of H-pyrrole nitrogens is 1. The lowest BCUT2D eigenvalue weighted by Gasteiger charge is -2.33. The number of hydrogen-bond donors (Lipinski definition) is 3. The topological polar surface area (TPSA) is 76.3 Å². The van der Waals surface area contributed by atoms with Crippen LogP contribution in [0.2, 0.25) is 0 Å². The number of carbonyl (C=O) groups excluding carboxylic acids is 1. The number of likely N-dealkylation sites (N-methyl/N-ethyl adjacent to an activating group) is 1. The monoisotopic (exact) mass is 610 g/mol. The normalized spacial score (nSPS) is 14.9. The number of nitrogens with zero attached hydrogens (tertiary/aromatic N) is 3. The molecule has 2 aromatic heterocycles. The van der Waals surface area contributed by atoms with E-state index in [2.05, 4.69) is 39.3 Å². The van der Waals surface area contributed by atoms with Crippen molar-refractivity contribution >= 4 is 40.1 Å². The van der Waals surface area contributed by atoms with Gasteiger partial charge in [0.1, 0.15) is 5.65 Å². The maximum atomic E-state index is 14.0. The molecule has 0 radical (unpaired) electrons. The summed E-state index contributed by atoms with van der Waals surface area (Å²) in [4.78, 5) is 26.2. The lowest BCUT2D eigenvalue weighted by molar-refractivity contribution is -0.138. The molecule has 7 nitrogen and oxygen atoms in total. The van der Waals surface area contributed by atoms with Crippen molar-refractivity contribution in [2.45, 2.75) is 50.2 Å². The Morgan fingerprint density at radius 1 is 1.07 bits per heavy atom. The summed E-state index contributed by atoms with van der Waals surface area (Å²) >= 11 is 1.77. The summed E-state index contributed by atoms with van der Waals surface area (Å²) in [6.07, 6.45) is -0.799. The number of hydrogen-bond acceptors (Lipinski definition) is 6. The van der Waals surface area contributed by atoms with E-state index in [1.165, 1.54) is 6.07 Å². The van der Waals surface area contributed by atoms with Crippen LogP contribution in [-0.2, 0) is 19.3 Å². The standard InChI is InChI=1S/C32H37F3N6OS/c1-20(2)43-29-24(18-38-30-26(29)9-10-36-30)17-37-28-15-22(6-5-21(28)3)31(42)39-25-8-7-23(27(16-25)32(33,34)35)19-41-13-11-40(4)12-14-41/h5-10,15-16,18,20,37H,11-14,17,19H2,1-4H3,(H,36,38)(H,39,42). The van der Waals surface area contributed by atoms with Crippen LogP contribution in [0.1, 0.15) is 46.5 Å². The molecule has 1 fully saturated rings. The fraction of sp³-hybridized carbons (Fsp3) is 0.375. The second-order valence-electron chi connectivity index (χ2n) is 11.3. The van der Waals surface area contributed by atoms with Gasteiger partial charge < -0.3 is 20.5 Å². The molecule has 228 valence electrons. The number of alkyl halides is 3. The molecular weight excluding hydrogens is 573 g/mol. The summed E-state index contributed by atoms with van der Waals surface area (Å²) in [5.74, 6) is -0.477. The Hall–Kier alpha value is -3.54. The van der Waals surface area contributed by atoms with Crippen LogP contribution in [0.4, 0.5) is 24.5 Å². The average Bonchev–Trinajstić information content (AvgIpc) is 3.44. The zero-order valence-electron chi connectivity index (χ0n) is 24.8. The molecule has 4 aromatic rings. The second kappa shape index (κ2) is 13.0. The molecular formula is C32H37F3N6OS. The third kappa shape index (κ3) is 7.52. The van der Waals surface area contributed by atoms with Crippen LogP contribution < -0.4 is 10.6 Å². The first-order chi connectivity index (χ1) is 20.5. The van der Waals surface area contributed by atoms with E-state index in [1.807, 2.05) is 43.4 Å². The highest BCUT2D eigenvalue weighted by atomic mass is 32.2. The molecule has 43 heavy (non-hydrogen) atoms. The van der Waals surface area contributed by atoms with Crippen LogP contribution in [0.3, 0.4) is 0 Å². The number of pyridine rings is 1. The quantitative estimate of drug-likeness (QED) is 0.177. The number of aromatic amines is 1. The lowest BCUT2D eigenvalue weighted by atomic mass is 10.0. The van der Waals surface area contributed by atoms with E-state index in [4.69, 9.17) is 0 Å². The number of fused-ring (bicyclic) bond motifs is 1. The van der Waals surface area contributed by atoms with Gasteiger partial charge in [0.05, 0.1) is 5.56 Å². The SMILES string of the molecule is Cc1ccc(C(=O)Nc2ccc(CN3CCN(C)CC3)c(C(F)(F)F)c2)cc1NCc1cnc2[nH]ccc2c1SC(C)C. The highest BCUT2D eigenvalue weighted by Gasteiger charge is 2.34. The number of amides is 1. The molecule has 0 spiro atoms. The van der Waals surface area contributed by atoms with E-state index < -0.39 is 17.6 Å². The fourth-order valence-corrected chi connectivity index (χ4v) is 6.22. The smallest absolute Gasteiger partial charge is 0.381 e. The number of benzene rings is 2. The van der Waals surface area contributed by atoms with Crippen LogP contribution in [0.5, 0.6) is 0 Å². The van der Waals surface area contributed by atoms with E-state index in [9.17, 15) is 18.0 Å². The van der Waals surface area contributed by atoms with Crippen molar-refractivity contribution in [1.29, 1.82) is 0 Å². The van der Waals surface area contributed by atoms with E-state index in [0.717, 1.165) is 51.9 Å². The number of piperazine rings is 1. The van der Waals surface area contributed by atoms with Crippen LogP contribution >= 0.6 is 11.8 Å². The molecule has 0 saturated carbocycles. The number of thioether (sulfide) groups is 1. The first kappa shape index (κ1) is 30.9. The summed E-state index contributed by atoms with van der Waals surface area (Å²) in [7, 11) is 2.01. The maximum Gasteiger partial charge on any atom is 0.416 e. The Bertz CT molecular complexity index is 1590. The van der Waals surface area contributed by atoms with Gasteiger partial charge in [0.2, 0.25) is 0 Å². The molecule has 3 heterocycles. The van der Waals surface area contributed by atoms with Gasteiger partial charge in [-0.3, -0.25) is 9.69 Å². The van der Waals surface area contributed by atoms with Gasteiger partial charge in [-0.25, -0.2) is 4.98 Å². The molecule has 11 heteroatoms. The Morgan fingerprint density at radius 3 is 2.56 bits per heavy atom. The molecule has 3 N–H and O–H groups in total. The number of carbonyl (C=O) groups is 1. The van der Waals surface area contributed by atoms with Crippen molar-refractivity contribution in [2.75, 3.05) is 43.9 Å². The maximum absolute atomic E-state index is 14.0. The van der Waals surface area contributed by atoms with Crippen molar-refractivity contribution in [1.82, 2.24) is 19.8 Å². The molecule has 0 aliphatic carbocycles. The zero-order valence-corrected chi connectivity index (χ0v) is 25.6. The van der Waals surface area contributed by atoms with E-state index >= 15 is 0 Å². The average molecular weight is 611 g/mol. The van der Waals surface area contributed by atoms with Gasteiger partial charge >= 0.3 is 6.18 Å². The number of anilines is 2. The molecule has 5 rings (SSSR count). The number of nitrogens with one attached hydrogen (secondary N) is 3. The zero-order chi connectivity index (χ0) is 30.7. The van der Waals surface area contributed by atoms with Crippen molar-refractivity contribution < 1.29 is 18.0 Å². The van der Waals surface area contributed by atoms with Crippen molar-refractivity contribution in [3.63, 3.8) is 0 Å². The molecule has 0 atom stereocenters. The highest BCUT2D eigenvalue weighted by molar-refractivity contribution is 8.00. The third-order valence-electron chi connectivity index (χ3n) is 7.60. The number of halogens is 3. The van der Waals surface area contributed by atoms with Gasteiger partial charge in [0.25, 0.3) is 5.91 Å². The fourth-order valence-electron chi connectivity index (χ4n) is 5.18. The van der Waals surface area contributed by atoms with E-state index in [-0.39, 0.29) is 17.8 Å². The van der Waals surface area contributed by atoms with Crippen molar-refractivity contribution in [3.8, 4) is 0 Å². The number of rotatable bonds is 9. The summed E-state index contributed by atoms with van der Waals surface area (Å²) in [6.45, 7) is 10.0. The van der Waals surface area contributed by atoms with Gasteiger partial charge in [0, 0.05) is 89.7 Å². The predicted octanol–water partition coefficient (Wildman–Crippen LogP) is 7.00. The van der Waals surface area contributed by atoms with Gasteiger partial charge in [-0.15, -0.1) is 11.8 Å². The van der Waals surface area contributed by atoms with Gasteiger partial charge in [0.15, 0.2) is 0 Å². The molecule has 1 amide bonds. The Kier molecular flexibility index (Phi) is 9.33. The number of aryl methyl sites for hydroxylation is 1. The molecule has 2 aromatic carbocycles. The highest BCUT2D eigenvalue weighted by Crippen LogP contribution is 2.35. The summed E-state index contributed by atoms with van der Waals surface area (Å²) in [6, 6.07) is 11.3. The predicted molar refractivity (Wildman–Crippen MR) is 168 cm³/mol. The van der Waals surface area contributed by atoms with Crippen LogP contribution in [0.25, 0.3) is 11.0 Å². The van der Waals surface area contributed by atoms with Gasteiger partial charge in [-0.05, 0) is 55.4 Å². The minimum Gasteiger partial charge on any atom is -0.381 e. The minimum atomic E-state index is -4.53. The second-order valence-corrected chi connectivity index (χ2v) is 12.9. The molecule has 0 unspecified atom stereocenters. The van der Waals surface area contributed by atoms with Crippen molar-refractivity contribution in [2.24, 2.45) is 0 Å². The number of aromatic nitrogens is 2. The van der Waals surface area contributed by atoms with Gasteiger partial charge in [-0.2, -0.15) is 13.2 Å². The van der Waals surface area contributed by atoms with E-state index in [1.54, 1.807) is 30.0 Å². The third-order valence-corrected chi connectivity index (χ3v) is 8.79. The first-order valence-electron chi connectivity index (χ1n) is 14.4. The molecule has 0 bridgehead atoms. The summed E-state index contributed by atoms with van der Waals surface area (Å²) in [5, 5.41) is 7.56. The minimum absolute atomic E-state index is 0.107. The molecule has 1 saturated heterocycles. The summed E-state index contributed by atoms with van der Waals surface area (Å²) in [5.41, 5.74) is 3.52. The Balaban J connectivity index is 1.31. The van der Waals surface area contributed by atoms with Crippen LogP contribution in [-0.4, -0.2) is 64.2 Å².